The highest BCUT2D eigenvalue weighted by molar-refractivity contribution is 7.09. The fourth-order valence-corrected chi connectivity index (χ4v) is 3.24. The number of benzene rings is 1. The average Bonchev–Trinajstić information content (AvgIpc) is 2.98. The third kappa shape index (κ3) is 4.05. The number of methoxy groups -OCH3 is 1. The van der Waals surface area contributed by atoms with Crippen molar-refractivity contribution in [2.75, 3.05) is 13.7 Å². The minimum absolute atomic E-state index is 0.137. The van der Waals surface area contributed by atoms with Crippen molar-refractivity contribution in [3.8, 4) is 5.75 Å². The molecular weight excluding hydrogens is 280 g/mol. The third-order valence-corrected chi connectivity index (χ3v) is 4.33. The largest absolute Gasteiger partial charge is 0.497 e. The molecule has 0 bridgehead atoms. The van der Waals surface area contributed by atoms with Crippen LogP contribution < -0.4 is 10.1 Å². The van der Waals surface area contributed by atoms with Crippen LogP contribution in [0.15, 0.2) is 29.6 Å². The van der Waals surface area contributed by atoms with Gasteiger partial charge in [0, 0.05) is 5.38 Å². The van der Waals surface area contributed by atoms with Gasteiger partial charge in [0.1, 0.15) is 10.8 Å². The lowest BCUT2D eigenvalue weighted by Gasteiger charge is -2.17. The Labute approximate surface area is 131 Å². The minimum Gasteiger partial charge on any atom is -0.497 e. The summed E-state index contributed by atoms with van der Waals surface area (Å²) in [6.07, 6.45) is 1.10. The average molecular weight is 304 g/mol. The molecule has 1 aromatic carbocycles. The maximum Gasteiger partial charge on any atom is 0.119 e. The Kier molecular flexibility index (Phi) is 5.76. The number of hydrogen-bond donors (Lipinski definition) is 1. The van der Waals surface area contributed by atoms with Gasteiger partial charge in [0.15, 0.2) is 0 Å². The van der Waals surface area contributed by atoms with Crippen molar-refractivity contribution in [2.45, 2.75) is 39.2 Å². The smallest absolute Gasteiger partial charge is 0.119 e. The molecular formula is C17H24N2OS. The van der Waals surface area contributed by atoms with E-state index in [2.05, 4.69) is 43.6 Å². The Balaban J connectivity index is 2.31. The van der Waals surface area contributed by atoms with Gasteiger partial charge < -0.3 is 10.1 Å². The van der Waals surface area contributed by atoms with Crippen LogP contribution in [0.25, 0.3) is 0 Å². The van der Waals surface area contributed by atoms with Gasteiger partial charge in [-0.15, -0.1) is 11.3 Å². The fraction of sp³-hybridized carbons (Fsp3) is 0.471. The van der Waals surface area contributed by atoms with Gasteiger partial charge in [-0.05, 0) is 36.6 Å². The molecule has 2 rings (SSSR count). The number of nitrogens with one attached hydrogen (secondary N) is 1. The summed E-state index contributed by atoms with van der Waals surface area (Å²) in [5.74, 6) is 1.35. The van der Waals surface area contributed by atoms with Gasteiger partial charge in [0.05, 0.1) is 18.8 Å². The van der Waals surface area contributed by atoms with E-state index in [1.54, 1.807) is 18.4 Å². The first-order valence-corrected chi connectivity index (χ1v) is 8.36. The minimum atomic E-state index is 0.137. The van der Waals surface area contributed by atoms with Crippen LogP contribution in [0.2, 0.25) is 0 Å². The lowest BCUT2D eigenvalue weighted by Crippen LogP contribution is -2.23. The van der Waals surface area contributed by atoms with E-state index >= 15 is 0 Å². The Morgan fingerprint density at radius 2 is 2.14 bits per heavy atom. The molecule has 0 fully saturated rings. The number of aromatic nitrogens is 1. The first kappa shape index (κ1) is 16.0. The van der Waals surface area contributed by atoms with E-state index in [4.69, 9.17) is 9.72 Å². The highest BCUT2D eigenvalue weighted by Crippen LogP contribution is 2.29. The summed E-state index contributed by atoms with van der Waals surface area (Å²) in [5.41, 5.74) is 2.37. The number of hydrogen-bond acceptors (Lipinski definition) is 4. The zero-order valence-electron chi connectivity index (χ0n) is 13.2. The van der Waals surface area contributed by atoms with Crippen molar-refractivity contribution in [3.05, 3.63) is 45.9 Å². The van der Waals surface area contributed by atoms with Gasteiger partial charge >= 0.3 is 0 Å². The predicted molar refractivity (Wildman–Crippen MR) is 89.3 cm³/mol. The molecule has 0 saturated carbocycles. The molecule has 0 amide bonds. The molecule has 1 heterocycles. The Morgan fingerprint density at radius 1 is 1.33 bits per heavy atom. The van der Waals surface area contributed by atoms with Crippen molar-refractivity contribution in [3.63, 3.8) is 0 Å². The number of rotatable bonds is 7. The van der Waals surface area contributed by atoms with E-state index < -0.39 is 0 Å². The maximum absolute atomic E-state index is 5.34. The second-order valence-electron chi connectivity index (χ2n) is 5.43. The van der Waals surface area contributed by atoms with Crippen molar-refractivity contribution in [1.82, 2.24) is 10.3 Å². The summed E-state index contributed by atoms with van der Waals surface area (Å²) in [6.45, 7) is 7.51. The van der Waals surface area contributed by atoms with Gasteiger partial charge in [-0.25, -0.2) is 4.98 Å². The summed E-state index contributed by atoms with van der Waals surface area (Å²) < 4.78 is 5.34. The van der Waals surface area contributed by atoms with Crippen molar-refractivity contribution in [1.29, 1.82) is 0 Å². The van der Waals surface area contributed by atoms with Crippen LogP contribution in [0.1, 0.15) is 55.4 Å². The number of ether oxygens (including phenoxy) is 1. The van der Waals surface area contributed by atoms with Crippen LogP contribution in [0, 0.1) is 0 Å². The second-order valence-corrected chi connectivity index (χ2v) is 6.32. The van der Waals surface area contributed by atoms with Crippen molar-refractivity contribution >= 4 is 11.3 Å². The molecule has 0 radical (unpaired) electrons. The molecule has 1 aromatic heterocycles. The van der Waals surface area contributed by atoms with Crippen LogP contribution in [0.4, 0.5) is 0 Å². The molecule has 2 aromatic rings. The number of thiazole rings is 1. The quantitative estimate of drug-likeness (QED) is 0.825. The van der Waals surface area contributed by atoms with Crippen molar-refractivity contribution in [2.24, 2.45) is 0 Å². The molecule has 1 N–H and O–H groups in total. The number of nitrogens with zero attached hydrogens (tertiary/aromatic N) is 1. The van der Waals surface area contributed by atoms with Crippen LogP contribution in [0.5, 0.6) is 5.75 Å². The molecule has 0 aliphatic rings. The summed E-state index contributed by atoms with van der Waals surface area (Å²) in [4.78, 5) is 4.81. The fourth-order valence-electron chi connectivity index (χ4n) is 2.16. The molecule has 114 valence electrons. The molecule has 0 spiro atoms. The standard InChI is InChI=1S/C17H24N2OS/c1-5-9-18-16(13-7-6-8-14(10-13)20-4)17-19-15(11-21-17)12(2)3/h6-8,10-12,16,18H,5,9H2,1-4H3. The molecule has 1 unspecified atom stereocenters. The second kappa shape index (κ2) is 7.57. The van der Waals surface area contributed by atoms with Crippen LogP contribution in [-0.2, 0) is 0 Å². The van der Waals surface area contributed by atoms with Gasteiger partial charge in [0.25, 0.3) is 0 Å². The maximum atomic E-state index is 5.34. The van der Waals surface area contributed by atoms with E-state index in [1.807, 2.05) is 12.1 Å². The van der Waals surface area contributed by atoms with Gasteiger partial charge in [0.2, 0.25) is 0 Å². The summed E-state index contributed by atoms with van der Waals surface area (Å²) >= 11 is 1.73. The molecule has 0 aliphatic heterocycles. The molecule has 21 heavy (non-hydrogen) atoms. The van der Waals surface area contributed by atoms with Crippen LogP contribution in [-0.4, -0.2) is 18.6 Å². The summed E-state index contributed by atoms with van der Waals surface area (Å²) in [5, 5.41) is 6.89. The predicted octanol–water partition coefficient (Wildman–Crippen LogP) is 4.36. The Hall–Kier alpha value is -1.39. The van der Waals surface area contributed by atoms with Crippen LogP contribution >= 0.6 is 11.3 Å². The normalized spacial score (nSPS) is 12.6. The summed E-state index contributed by atoms with van der Waals surface area (Å²) in [7, 11) is 1.70. The molecule has 4 heteroatoms. The molecule has 0 aliphatic carbocycles. The molecule has 1 atom stereocenters. The monoisotopic (exact) mass is 304 g/mol. The first-order valence-electron chi connectivity index (χ1n) is 7.48. The first-order chi connectivity index (χ1) is 10.2. The van der Waals surface area contributed by atoms with E-state index in [1.165, 1.54) is 11.3 Å². The van der Waals surface area contributed by atoms with Gasteiger partial charge in [-0.3, -0.25) is 0 Å². The highest BCUT2D eigenvalue weighted by Gasteiger charge is 2.18. The Bertz CT molecular complexity index is 565. The lowest BCUT2D eigenvalue weighted by molar-refractivity contribution is 0.413. The highest BCUT2D eigenvalue weighted by atomic mass is 32.1. The van der Waals surface area contributed by atoms with Crippen LogP contribution in [0.3, 0.4) is 0 Å². The third-order valence-electron chi connectivity index (χ3n) is 3.40. The zero-order chi connectivity index (χ0) is 15.2. The molecule has 3 nitrogen and oxygen atoms in total. The topological polar surface area (TPSA) is 34.1 Å². The SMILES string of the molecule is CCCNC(c1cccc(OC)c1)c1nc(C(C)C)cs1. The van der Waals surface area contributed by atoms with E-state index in [0.29, 0.717) is 5.92 Å². The van der Waals surface area contributed by atoms with E-state index in [9.17, 15) is 0 Å². The van der Waals surface area contributed by atoms with E-state index in [0.717, 1.165) is 23.7 Å². The van der Waals surface area contributed by atoms with Gasteiger partial charge in [-0.1, -0.05) is 32.9 Å². The lowest BCUT2D eigenvalue weighted by atomic mass is 10.1. The zero-order valence-corrected chi connectivity index (χ0v) is 14.0. The van der Waals surface area contributed by atoms with Crippen molar-refractivity contribution < 1.29 is 4.74 Å². The van der Waals surface area contributed by atoms with E-state index in [-0.39, 0.29) is 6.04 Å². The molecule has 0 saturated heterocycles. The van der Waals surface area contributed by atoms with Gasteiger partial charge in [-0.2, -0.15) is 0 Å². The summed E-state index contributed by atoms with van der Waals surface area (Å²) in [6, 6.07) is 8.36. The Morgan fingerprint density at radius 3 is 2.76 bits per heavy atom.